The van der Waals surface area contributed by atoms with E-state index in [2.05, 4.69) is 27.4 Å². The molecule has 0 bridgehead atoms. The van der Waals surface area contributed by atoms with Crippen molar-refractivity contribution >= 4 is 11.6 Å². The van der Waals surface area contributed by atoms with Crippen LogP contribution in [0.1, 0.15) is 53.5 Å². The Balaban J connectivity index is 1.47. The lowest BCUT2D eigenvalue weighted by molar-refractivity contribution is 0.101. The van der Waals surface area contributed by atoms with Crippen LogP contribution in [0.25, 0.3) is 0 Å². The van der Waals surface area contributed by atoms with Crippen LogP contribution in [0.4, 0.5) is 5.69 Å². The Morgan fingerprint density at radius 1 is 1.19 bits per heavy atom. The number of benzene rings is 1. The molecule has 1 aliphatic carbocycles. The van der Waals surface area contributed by atoms with Crippen LogP contribution in [-0.4, -0.2) is 39.7 Å². The standard InChI is InChI=1S/C21H28N4O/c1-3-25-20(13-15(2)23-25)21(26)22-18-8-7-16-9-11-24(19-5-4-6-19)12-10-17(16)14-18/h7-8,13-14,19H,3-6,9-12H2,1-2H3,(H,22,26). The van der Waals surface area contributed by atoms with Crippen LogP contribution in [0.15, 0.2) is 24.3 Å². The summed E-state index contributed by atoms with van der Waals surface area (Å²) in [7, 11) is 0. The molecule has 1 aromatic heterocycles. The first-order valence-corrected chi connectivity index (χ1v) is 9.85. The summed E-state index contributed by atoms with van der Waals surface area (Å²) in [6, 6.07) is 9.05. The third kappa shape index (κ3) is 3.40. The minimum atomic E-state index is -0.0860. The van der Waals surface area contributed by atoms with Gasteiger partial charge < -0.3 is 5.32 Å². The first-order chi connectivity index (χ1) is 12.6. The second-order valence-corrected chi connectivity index (χ2v) is 7.55. The number of hydrogen-bond donors (Lipinski definition) is 1. The van der Waals surface area contributed by atoms with Gasteiger partial charge in [0.15, 0.2) is 0 Å². The number of nitrogens with zero attached hydrogens (tertiary/aromatic N) is 3. The first-order valence-electron chi connectivity index (χ1n) is 9.85. The lowest BCUT2D eigenvalue weighted by atomic mass is 9.91. The average molecular weight is 352 g/mol. The van der Waals surface area contributed by atoms with Crippen molar-refractivity contribution in [1.82, 2.24) is 14.7 Å². The monoisotopic (exact) mass is 352 g/mol. The fourth-order valence-corrected chi connectivity index (χ4v) is 4.10. The van der Waals surface area contributed by atoms with E-state index in [0.29, 0.717) is 12.2 Å². The molecular weight excluding hydrogens is 324 g/mol. The van der Waals surface area contributed by atoms with Crippen LogP contribution in [0.2, 0.25) is 0 Å². The predicted octanol–water partition coefficient (Wildman–Crippen LogP) is 3.42. The third-order valence-electron chi connectivity index (χ3n) is 5.83. The van der Waals surface area contributed by atoms with Gasteiger partial charge in [0.05, 0.1) is 5.69 Å². The molecule has 4 rings (SSSR count). The highest BCUT2D eigenvalue weighted by molar-refractivity contribution is 6.03. The molecular formula is C21H28N4O. The molecule has 1 amide bonds. The van der Waals surface area contributed by atoms with E-state index < -0.39 is 0 Å². The second-order valence-electron chi connectivity index (χ2n) is 7.55. The van der Waals surface area contributed by atoms with E-state index in [1.54, 1.807) is 4.68 Å². The summed E-state index contributed by atoms with van der Waals surface area (Å²) in [6.07, 6.45) is 6.30. The zero-order chi connectivity index (χ0) is 18.1. The molecule has 26 heavy (non-hydrogen) atoms. The number of aryl methyl sites for hydroxylation is 2. The van der Waals surface area contributed by atoms with Gasteiger partial charge in [-0.1, -0.05) is 12.5 Å². The van der Waals surface area contributed by atoms with Crippen LogP contribution >= 0.6 is 0 Å². The Morgan fingerprint density at radius 3 is 2.65 bits per heavy atom. The van der Waals surface area contributed by atoms with Gasteiger partial charge in [0.1, 0.15) is 5.69 Å². The lowest BCUT2D eigenvalue weighted by Crippen LogP contribution is -2.41. The number of fused-ring (bicyclic) bond motifs is 1. The maximum Gasteiger partial charge on any atom is 0.273 e. The molecule has 1 aliphatic heterocycles. The summed E-state index contributed by atoms with van der Waals surface area (Å²) in [4.78, 5) is 15.3. The van der Waals surface area contributed by atoms with E-state index in [1.807, 2.05) is 26.0 Å². The van der Waals surface area contributed by atoms with Crippen molar-refractivity contribution in [2.75, 3.05) is 18.4 Å². The number of aromatic nitrogens is 2. The summed E-state index contributed by atoms with van der Waals surface area (Å²) in [5.74, 6) is -0.0860. The highest BCUT2D eigenvalue weighted by atomic mass is 16.2. The molecule has 0 atom stereocenters. The molecule has 5 nitrogen and oxygen atoms in total. The van der Waals surface area contributed by atoms with Gasteiger partial charge in [0.25, 0.3) is 5.91 Å². The smallest absolute Gasteiger partial charge is 0.273 e. The number of carbonyl (C=O) groups is 1. The number of rotatable bonds is 4. The molecule has 1 fully saturated rings. The summed E-state index contributed by atoms with van der Waals surface area (Å²) in [5.41, 5.74) is 5.18. The van der Waals surface area contributed by atoms with Crippen molar-refractivity contribution in [3.05, 3.63) is 46.8 Å². The highest BCUT2D eigenvalue weighted by Crippen LogP contribution is 2.28. The number of anilines is 1. The summed E-state index contributed by atoms with van der Waals surface area (Å²) in [6.45, 7) is 6.91. The van der Waals surface area contributed by atoms with Crippen molar-refractivity contribution in [2.45, 2.75) is 58.5 Å². The van der Waals surface area contributed by atoms with Gasteiger partial charge in [-0.3, -0.25) is 14.4 Å². The zero-order valence-electron chi connectivity index (χ0n) is 15.8. The van der Waals surface area contributed by atoms with Gasteiger partial charge in [-0.05, 0) is 68.9 Å². The molecule has 0 unspecified atom stereocenters. The average Bonchev–Trinajstić information content (AvgIpc) is 2.85. The molecule has 1 N–H and O–H groups in total. The van der Waals surface area contributed by atoms with E-state index in [4.69, 9.17) is 0 Å². The van der Waals surface area contributed by atoms with E-state index in [0.717, 1.165) is 36.8 Å². The highest BCUT2D eigenvalue weighted by Gasteiger charge is 2.26. The van der Waals surface area contributed by atoms with Crippen molar-refractivity contribution in [2.24, 2.45) is 0 Å². The number of amides is 1. The maximum atomic E-state index is 12.7. The number of carbonyl (C=O) groups excluding carboxylic acids is 1. The van der Waals surface area contributed by atoms with E-state index in [-0.39, 0.29) is 5.91 Å². The van der Waals surface area contributed by atoms with E-state index in [9.17, 15) is 4.79 Å². The SMILES string of the molecule is CCn1nc(C)cc1C(=O)Nc1ccc2c(c1)CCN(C1CCC1)CC2. The topological polar surface area (TPSA) is 50.2 Å². The summed E-state index contributed by atoms with van der Waals surface area (Å²) < 4.78 is 1.75. The molecule has 2 aromatic rings. The summed E-state index contributed by atoms with van der Waals surface area (Å²) in [5, 5.41) is 7.42. The fraction of sp³-hybridized carbons (Fsp3) is 0.524. The Morgan fingerprint density at radius 2 is 1.96 bits per heavy atom. The van der Waals surface area contributed by atoms with Gasteiger partial charge in [-0.15, -0.1) is 0 Å². The zero-order valence-corrected chi connectivity index (χ0v) is 15.8. The lowest BCUT2D eigenvalue weighted by Gasteiger charge is -2.36. The van der Waals surface area contributed by atoms with Gasteiger partial charge in [-0.2, -0.15) is 5.10 Å². The van der Waals surface area contributed by atoms with Crippen molar-refractivity contribution < 1.29 is 4.79 Å². The summed E-state index contributed by atoms with van der Waals surface area (Å²) >= 11 is 0. The van der Waals surface area contributed by atoms with Gasteiger partial charge in [-0.25, -0.2) is 0 Å². The van der Waals surface area contributed by atoms with Crippen LogP contribution in [-0.2, 0) is 19.4 Å². The van der Waals surface area contributed by atoms with Gasteiger partial charge in [0.2, 0.25) is 0 Å². The van der Waals surface area contributed by atoms with E-state index in [1.165, 1.54) is 36.9 Å². The van der Waals surface area contributed by atoms with Crippen LogP contribution in [0, 0.1) is 6.92 Å². The second kappa shape index (κ2) is 7.23. The number of nitrogens with one attached hydrogen (secondary N) is 1. The molecule has 2 aliphatic rings. The molecule has 138 valence electrons. The van der Waals surface area contributed by atoms with Crippen molar-refractivity contribution in [1.29, 1.82) is 0 Å². The quantitative estimate of drug-likeness (QED) is 0.917. The molecule has 0 radical (unpaired) electrons. The van der Waals surface area contributed by atoms with E-state index >= 15 is 0 Å². The maximum absolute atomic E-state index is 12.7. The first kappa shape index (κ1) is 17.3. The fourth-order valence-electron chi connectivity index (χ4n) is 4.10. The van der Waals surface area contributed by atoms with Crippen molar-refractivity contribution in [3.63, 3.8) is 0 Å². The molecule has 0 saturated heterocycles. The Labute approximate surface area is 155 Å². The molecule has 1 saturated carbocycles. The molecule has 5 heteroatoms. The van der Waals surface area contributed by atoms with Crippen LogP contribution in [0.5, 0.6) is 0 Å². The number of hydrogen-bond acceptors (Lipinski definition) is 3. The predicted molar refractivity (Wildman–Crippen MR) is 104 cm³/mol. The minimum absolute atomic E-state index is 0.0860. The minimum Gasteiger partial charge on any atom is -0.321 e. The normalized spacial score (nSPS) is 18.1. The largest absolute Gasteiger partial charge is 0.321 e. The Bertz CT molecular complexity index is 806. The third-order valence-corrected chi connectivity index (χ3v) is 5.83. The Hall–Kier alpha value is -2.14. The van der Waals surface area contributed by atoms with Crippen LogP contribution in [0.3, 0.4) is 0 Å². The van der Waals surface area contributed by atoms with Crippen molar-refractivity contribution in [3.8, 4) is 0 Å². The van der Waals surface area contributed by atoms with Gasteiger partial charge in [0, 0.05) is 31.4 Å². The molecule has 1 aromatic carbocycles. The molecule has 0 spiro atoms. The Kier molecular flexibility index (Phi) is 4.81. The molecule has 2 heterocycles. The van der Waals surface area contributed by atoms with Crippen LogP contribution < -0.4 is 5.32 Å². The van der Waals surface area contributed by atoms with Gasteiger partial charge >= 0.3 is 0 Å².